The van der Waals surface area contributed by atoms with Gasteiger partial charge in [-0.05, 0) is 18.2 Å². The number of ether oxygens (including phenoxy) is 2. The number of benzene rings is 1. The number of anilines is 2. The van der Waals surface area contributed by atoms with Gasteiger partial charge in [-0.25, -0.2) is 9.97 Å². The Morgan fingerprint density at radius 1 is 1.27 bits per heavy atom. The van der Waals surface area contributed by atoms with E-state index in [1.165, 1.54) is 12.6 Å². The standard InChI is InChI=1S/C14H8Cl2N4O2/c15-9-2-1-3-10(4-9)20(12-6-21-8-22-12)14-11(5-17)13(16)18-7-19-14/h1-4,6-7H,8H2. The quantitative estimate of drug-likeness (QED) is 0.798. The zero-order valence-electron chi connectivity index (χ0n) is 11.0. The topological polar surface area (TPSA) is 71.3 Å². The molecule has 0 radical (unpaired) electrons. The van der Waals surface area contributed by atoms with E-state index in [0.29, 0.717) is 16.6 Å². The Labute approximate surface area is 136 Å². The maximum Gasteiger partial charge on any atom is 0.238 e. The summed E-state index contributed by atoms with van der Waals surface area (Å²) in [7, 11) is 0. The van der Waals surface area contributed by atoms with Crippen molar-refractivity contribution in [3.05, 3.63) is 58.5 Å². The normalized spacial score (nSPS) is 12.9. The van der Waals surface area contributed by atoms with Crippen molar-refractivity contribution < 1.29 is 9.47 Å². The summed E-state index contributed by atoms with van der Waals surface area (Å²) in [6, 6.07) is 9.02. The largest absolute Gasteiger partial charge is 0.459 e. The van der Waals surface area contributed by atoms with E-state index in [0.717, 1.165) is 0 Å². The molecule has 0 unspecified atom stereocenters. The van der Waals surface area contributed by atoms with Crippen LogP contribution in [0, 0.1) is 11.3 Å². The van der Waals surface area contributed by atoms with Crippen LogP contribution in [0.4, 0.5) is 11.5 Å². The minimum atomic E-state index is 0.0547. The second kappa shape index (κ2) is 6.10. The summed E-state index contributed by atoms with van der Waals surface area (Å²) < 4.78 is 10.5. The summed E-state index contributed by atoms with van der Waals surface area (Å²) in [5, 5.41) is 9.92. The molecule has 0 atom stereocenters. The molecule has 1 aromatic carbocycles. The SMILES string of the molecule is N#Cc1c(Cl)ncnc1N(C1=COCO1)c1cccc(Cl)c1. The zero-order chi connectivity index (χ0) is 15.5. The third-order valence-corrected chi connectivity index (χ3v) is 3.37. The maximum absolute atomic E-state index is 9.33. The molecule has 1 aliphatic heterocycles. The fourth-order valence-corrected chi connectivity index (χ4v) is 2.30. The van der Waals surface area contributed by atoms with Gasteiger partial charge < -0.3 is 9.47 Å². The van der Waals surface area contributed by atoms with Crippen LogP contribution in [0.1, 0.15) is 5.56 Å². The number of halogens is 2. The Balaban J connectivity index is 2.19. The molecule has 0 saturated carbocycles. The first-order valence-corrected chi connectivity index (χ1v) is 6.87. The molecular formula is C14H8Cl2N4O2. The highest BCUT2D eigenvalue weighted by Gasteiger charge is 2.25. The van der Waals surface area contributed by atoms with Gasteiger partial charge in [-0.1, -0.05) is 29.3 Å². The van der Waals surface area contributed by atoms with E-state index in [-0.39, 0.29) is 23.3 Å². The fraction of sp³-hybridized carbons (Fsp3) is 0.0714. The summed E-state index contributed by atoms with van der Waals surface area (Å²) in [5.74, 6) is 0.648. The lowest BCUT2D eigenvalue weighted by molar-refractivity contribution is 0.0797. The highest BCUT2D eigenvalue weighted by molar-refractivity contribution is 6.31. The van der Waals surface area contributed by atoms with E-state index in [2.05, 4.69) is 9.97 Å². The predicted molar refractivity (Wildman–Crippen MR) is 80.5 cm³/mol. The van der Waals surface area contributed by atoms with Crippen LogP contribution in [0.25, 0.3) is 0 Å². The van der Waals surface area contributed by atoms with Crippen LogP contribution in [-0.4, -0.2) is 16.8 Å². The summed E-state index contributed by atoms with van der Waals surface area (Å²) in [4.78, 5) is 9.56. The number of rotatable bonds is 3. The van der Waals surface area contributed by atoms with Crippen molar-refractivity contribution in [2.24, 2.45) is 0 Å². The average molecular weight is 335 g/mol. The minimum Gasteiger partial charge on any atom is -0.459 e. The number of aromatic nitrogens is 2. The summed E-state index contributed by atoms with van der Waals surface area (Å²) in [6.45, 7) is 0.0765. The molecule has 0 spiro atoms. The summed E-state index contributed by atoms with van der Waals surface area (Å²) >= 11 is 12.0. The van der Waals surface area contributed by atoms with Gasteiger partial charge in [-0.2, -0.15) is 5.26 Å². The predicted octanol–water partition coefficient (Wildman–Crippen LogP) is 3.60. The van der Waals surface area contributed by atoms with Crippen LogP contribution in [0.5, 0.6) is 0 Å². The number of hydrogen-bond donors (Lipinski definition) is 0. The first kappa shape index (κ1) is 14.4. The van der Waals surface area contributed by atoms with Gasteiger partial charge >= 0.3 is 0 Å². The summed E-state index contributed by atoms with van der Waals surface area (Å²) in [5.41, 5.74) is 0.774. The number of nitriles is 1. The third kappa shape index (κ3) is 2.64. The first-order chi connectivity index (χ1) is 10.7. The van der Waals surface area contributed by atoms with E-state index in [9.17, 15) is 5.26 Å². The molecule has 110 valence electrons. The van der Waals surface area contributed by atoms with Crippen LogP contribution in [0.2, 0.25) is 10.2 Å². The molecule has 6 nitrogen and oxygen atoms in total. The molecule has 3 rings (SSSR count). The molecule has 22 heavy (non-hydrogen) atoms. The Hall–Kier alpha value is -2.49. The molecule has 8 heteroatoms. The van der Waals surface area contributed by atoms with Crippen molar-refractivity contribution in [2.75, 3.05) is 11.7 Å². The fourth-order valence-electron chi connectivity index (χ4n) is 1.94. The molecule has 2 aromatic rings. The van der Waals surface area contributed by atoms with Crippen LogP contribution in [0.3, 0.4) is 0 Å². The van der Waals surface area contributed by atoms with Gasteiger partial charge in [-0.15, -0.1) is 0 Å². The highest BCUT2D eigenvalue weighted by Crippen LogP contribution is 2.35. The minimum absolute atomic E-state index is 0.0547. The molecule has 0 fully saturated rings. The molecular weight excluding hydrogens is 327 g/mol. The molecule has 1 aliphatic rings. The van der Waals surface area contributed by atoms with Crippen molar-refractivity contribution in [1.82, 2.24) is 9.97 Å². The molecule has 0 bridgehead atoms. The van der Waals surface area contributed by atoms with E-state index in [1.807, 2.05) is 6.07 Å². The molecule has 0 aliphatic carbocycles. The Kier molecular flexibility index (Phi) is 4.00. The first-order valence-electron chi connectivity index (χ1n) is 6.11. The van der Waals surface area contributed by atoms with Crippen LogP contribution >= 0.6 is 23.2 Å². The van der Waals surface area contributed by atoms with Gasteiger partial charge in [0.2, 0.25) is 12.7 Å². The lowest BCUT2D eigenvalue weighted by Gasteiger charge is -2.23. The van der Waals surface area contributed by atoms with Crippen molar-refractivity contribution >= 4 is 34.7 Å². The second-order valence-electron chi connectivity index (χ2n) is 4.18. The smallest absolute Gasteiger partial charge is 0.238 e. The van der Waals surface area contributed by atoms with E-state index >= 15 is 0 Å². The summed E-state index contributed by atoms with van der Waals surface area (Å²) in [6.07, 6.45) is 2.70. The Bertz CT molecular complexity index is 789. The van der Waals surface area contributed by atoms with Gasteiger partial charge in [0.15, 0.2) is 11.0 Å². The van der Waals surface area contributed by atoms with Crippen LogP contribution < -0.4 is 4.90 Å². The monoisotopic (exact) mass is 334 g/mol. The van der Waals surface area contributed by atoms with Crippen molar-refractivity contribution in [3.63, 3.8) is 0 Å². The lowest BCUT2D eigenvalue weighted by Crippen LogP contribution is -2.19. The highest BCUT2D eigenvalue weighted by atomic mass is 35.5. The zero-order valence-corrected chi connectivity index (χ0v) is 12.5. The van der Waals surface area contributed by atoms with Gasteiger partial charge in [-0.3, -0.25) is 4.90 Å². The Morgan fingerprint density at radius 2 is 2.14 bits per heavy atom. The van der Waals surface area contributed by atoms with E-state index in [4.69, 9.17) is 32.7 Å². The van der Waals surface area contributed by atoms with Crippen molar-refractivity contribution in [2.45, 2.75) is 0 Å². The van der Waals surface area contributed by atoms with Gasteiger partial charge in [0.05, 0.1) is 5.69 Å². The average Bonchev–Trinajstić information content (AvgIpc) is 3.02. The molecule has 0 saturated heterocycles. The maximum atomic E-state index is 9.33. The van der Waals surface area contributed by atoms with Gasteiger partial charge in [0.25, 0.3) is 0 Å². The second-order valence-corrected chi connectivity index (χ2v) is 4.97. The van der Waals surface area contributed by atoms with Crippen molar-refractivity contribution in [3.8, 4) is 6.07 Å². The lowest BCUT2D eigenvalue weighted by atomic mass is 10.2. The molecule has 2 heterocycles. The molecule has 0 N–H and O–H groups in total. The van der Waals surface area contributed by atoms with Gasteiger partial charge in [0, 0.05) is 5.02 Å². The molecule has 0 amide bonds. The number of hydrogen-bond acceptors (Lipinski definition) is 6. The van der Waals surface area contributed by atoms with E-state index < -0.39 is 0 Å². The van der Waals surface area contributed by atoms with Gasteiger partial charge in [0.1, 0.15) is 24.2 Å². The third-order valence-electron chi connectivity index (χ3n) is 2.85. The number of nitrogens with zero attached hydrogens (tertiary/aromatic N) is 4. The van der Waals surface area contributed by atoms with Crippen LogP contribution in [-0.2, 0) is 9.47 Å². The Morgan fingerprint density at radius 3 is 2.82 bits per heavy atom. The molecule has 1 aromatic heterocycles. The van der Waals surface area contributed by atoms with Crippen LogP contribution in [0.15, 0.2) is 42.7 Å². The van der Waals surface area contributed by atoms with Crippen molar-refractivity contribution in [1.29, 1.82) is 5.26 Å². The van der Waals surface area contributed by atoms with E-state index in [1.54, 1.807) is 29.2 Å².